The molecule has 0 radical (unpaired) electrons. The molecule has 30 heavy (non-hydrogen) atoms. The number of nitrogens with one attached hydrogen (secondary N) is 2. The summed E-state index contributed by atoms with van der Waals surface area (Å²) in [7, 11) is 0. The number of aromatic nitrogens is 4. The van der Waals surface area contributed by atoms with Crippen LogP contribution in [0.1, 0.15) is 28.2 Å². The van der Waals surface area contributed by atoms with Gasteiger partial charge in [-0.2, -0.15) is 0 Å². The molecule has 0 spiro atoms. The van der Waals surface area contributed by atoms with Gasteiger partial charge in [-0.1, -0.05) is 0 Å². The van der Waals surface area contributed by atoms with Gasteiger partial charge in [0.1, 0.15) is 17.2 Å². The third-order valence-electron chi connectivity index (χ3n) is 4.82. The summed E-state index contributed by atoms with van der Waals surface area (Å²) in [5.74, 6) is -0.0118. The van der Waals surface area contributed by atoms with Gasteiger partial charge in [0.25, 0.3) is 11.5 Å². The van der Waals surface area contributed by atoms with Gasteiger partial charge in [-0.3, -0.25) is 19.1 Å². The van der Waals surface area contributed by atoms with Crippen molar-refractivity contribution in [3.63, 3.8) is 0 Å². The molecule has 0 saturated carbocycles. The summed E-state index contributed by atoms with van der Waals surface area (Å²) in [6.45, 7) is 2.11. The number of hydrogen-bond donors (Lipinski definition) is 2. The van der Waals surface area contributed by atoms with E-state index in [4.69, 9.17) is 0 Å². The monoisotopic (exact) mass is 405 g/mol. The van der Waals surface area contributed by atoms with Crippen molar-refractivity contribution in [2.24, 2.45) is 0 Å². The Morgan fingerprint density at radius 1 is 1.27 bits per heavy atom. The first kappa shape index (κ1) is 19.5. The number of carbonyl (C=O) groups is 1. The van der Waals surface area contributed by atoms with Gasteiger partial charge in [0.2, 0.25) is 0 Å². The van der Waals surface area contributed by atoms with E-state index < -0.39 is 5.91 Å². The van der Waals surface area contributed by atoms with E-state index >= 15 is 0 Å². The van der Waals surface area contributed by atoms with Gasteiger partial charge in [0.05, 0.1) is 22.9 Å². The molecular weight excluding hydrogens is 385 g/mol. The van der Waals surface area contributed by atoms with Crippen LogP contribution in [0.15, 0.2) is 59.8 Å². The van der Waals surface area contributed by atoms with E-state index in [2.05, 4.69) is 20.3 Å². The Balaban J connectivity index is 1.42. The Bertz CT molecular complexity index is 1260. The Hall–Kier alpha value is -3.81. The highest BCUT2D eigenvalue weighted by Gasteiger charge is 2.16. The first-order valence-corrected chi connectivity index (χ1v) is 9.58. The Morgan fingerprint density at radius 3 is 2.93 bits per heavy atom. The van der Waals surface area contributed by atoms with Crippen molar-refractivity contribution in [3.8, 4) is 5.69 Å². The van der Waals surface area contributed by atoms with Crippen molar-refractivity contribution in [2.75, 3.05) is 6.54 Å². The van der Waals surface area contributed by atoms with Crippen molar-refractivity contribution in [1.82, 2.24) is 24.8 Å². The lowest BCUT2D eigenvalue weighted by molar-refractivity contribution is 0.0950. The molecule has 0 aliphatic rings. The molecule has 8 heteroatoms. The van der Waals surface area contributed by atoms with Crippen molar-refractivity contribution in [1.29, 1.82) is 0 Å². The first-order valence-electron chi connectivity index (χ1n) is 9.58. The summed E-state index contributed by atoms with van der Waals surface area (Å²) >= 11 is 0. The van der Waals surface area contributed by atoms with Gasteiger partial charge in [0.15, 0.2) is 0 Å². The van der Waals surface area contributed by atoms with Gasteiger partial charge in [-0.15, -0.1) is 0 Å². The average molecular weight is 405 g/mol. The number of hydrogen-bond acceptors (Lipinski definition) is 4. The predicted octanol–water partition coefficient (Wildman–Crippen LogP) is 2.92. The van der Waals surface area contributed by atoms with Gasteiger partial charge < -0.3 is 10.3 Å². The molecule has 0 fully saturated rings. The van der Waals surface area contributed by atoms with Crippen molar-refractivity contribution in [2.45, 2.75) is 19.8 Å². The number of aryl methyl sites for hydroxylation is 2. The minimum Gasteiger partial charge on any atom is -0.352 e. The lowest BCUT2D eigenvalue weighted by Crippen LogP contribution is -2.34. The van der Waals surface area contributed by atoms with Crippen LogP contribution in [0.3, 0.4) is 0 Å². The second kappa shape index (κ2) is 8.28. The Kier molecular flexibility index (Phi) is 5.38. The number of nitrogens with zero attached hydrogens (tertiary/aromatic N) is 3. The van der Waals surface area contributed by atoms with Crippen molar-refractivity contribution in [3.05, 3.63) is 88.1 Å². The normalized spacial score (nSPS) is 11.0. The molecule has 3 aromatic heterocycles. The van der Waals surface area contributed by atoms with E-state index in [9.17, 15) is 14.0 Å². The van der Waals surface area contributed by atoms with Crippen LogP contribution in [-0.2, 0) is 6.42 Å². The fraction of sp³-hybridized carbons (Fsp3) is 0.182. The third kappa shape index (κ3) is 3.98. The van der Waals surface area contributed by atoms with Crippen molar-refractivity contribution < 1.29 is 9.18 Å². The largest absolute Gasteiger partial charge is 0.352 e. The highest BCUT2D eigenvalue weighted by atomic mass is 19.1. The molecule has 0 aliphatic heterocycles. The zero-order chi connectivity index (χ0) is 21.1. The molecule has 1 aromatic carbocycles. The average Bonchev–Trinajstić information content (AvgIpc) is 3.14. The molecule has 7 nitrogen and oxygen atoms in total. The number of benzene rings is 1. The van der Waals surface area contributed by atoms with E-state index in [-0.39, 0.29) is 16.9 Å². The van der Waals surface area contributed by atoms with E-state index in [1.807, 2.05) is 0 Å². The summed E-state index contributed by atoms with van der Waals surface area (Å²) < 4.78 is 14.7. The maximum absolute atomic E-state index is 13.3. The number of carbonyl (C=O) groups excluding carboxylic acids is 1. The zero-order valence-electron chi connectivity index (χ0n) is 16.4. The minimum absolute atomic E-state index is 0.112. The Morgan fingerprint density at radius 2 is 2.13 bits per heavy atom. The molecular formula is C22H20FN5O2. The number of pyridine rings is 2. The summed E-state index contributed by atoms with van der Waals surface area (Å²) in [5.41, 5.74) is 2.27. The molecule has 0 bridgehead atoms. The minimum atomic E-state index is -0.414. The quantitative estimate of drug-likeness (QED) is 0.483. The highest BCUT2D eigenvalue weighted by molar-refractivity contribution is 5.95. The first-order chi connectivity index (χ1) is 14.5. The standard InChI is InChI=1S/C22H20FN5O2/c1-14-8-11-28(16-4-2-9-24-13-16)22(30)20(14)21(29)25-10-3-5-19-26-17-7-6-15(23)12-18(17)27-19/h2,4,6-9,11-13H,3,5,10H2,1H3,(H,25,29)(H,26,27). The van der Waals surface area contributed by atoms with Crippen LogP contribution >= 0.6 is 0 Å². The van der Waals surface area contributed by atoms with E-state index in [0.29, 0.717) is 41.7 Å². The predicted molar refractivity (Wildman–Crippen MR) is 111 cm³/mol. The number of imidazole rings is 1. The van der Waals surface area contributed by atoms with E-state index in [1.165, 1.54) is 16.7 Å². The SMILES string of the molecule is Cc1ccn(-c2cccnc2)c(=O)c1C(=O)NCCCc1nc2ccc(F)cc2[nH]1. The van der Waals surface area contributed by atoms with Crippen LogP contribution < -0.4 is 10.9 Å². The second-order valence-corrected chi connectivity index (χ2v) is 6.96. The van der Waals surface area contributed by atoms with Gasteiger partial charge >= 0.3 is 0 Å². The van der Waals surface area contributed by atoms with Crippen LogP contribution in [0.4, 0.5) is 4.39 Å². The number of amides is 1. The summed E-state index contributed by atoms with van der Waals surface area (Å²) in [5, 5.41) is 2.80. The van der Waals surface area contributed by atoms with E-state index in [0.717, 1.165) is 5.82 Å². The maximum Gasteiger partial charge on any atom is 0.268 e. The fourth-order valence-corrected chi connectivity index (χ4v) is 3.30. The number of fused-ring (bicyclic) bond motifs is 1. The van der Waals surface area contributed by atoms with Crippen LogP contribution in [0.2, 0.25) is 0 Å². The molecule has 4 aromatic rings. The molecule has 0 aliphatic carbocycles. The topological polar surface area (TPSA) is 92.7 Å². The summed E-state index contributed by atoms with van der Waals surface area (Å²) in [6.07, 6.45) is 6.03. The van der Waals surface area contributed by atoms with Gasteiger partial charge in [-0.05, 0) is 55.3 Å². The van der Waals surface area contributed by atoms with Gasteiger partial charge in [-0.25, -0.2) is 9.37 Å². The lowest BCUT2D eigenvalue weighted by Gasteiger charge is -2.11. The smallest absolute Gasteiger partial charge is 0.268 e. The zero-order valence-corrected chi connectivity index (χ0v) is 16.4. The molecule has 4 rings (SSSR count). The summed E-state index contributed by atoms with van der Waals surface area (Å²) in [6, 6.07) is 9.61. The Labute approximate surface area is 171 Å². The van der Waals surface area contributed by atoms with Gasteiger partial charge in [0, 0.05) is 25.4 Å². The van der Waals surface area contributed by atoms with Crippen LogP contribution in [0.25, 0.3) is 16.7 Å². The van der Waals surface area contributed by atoms with E-state index in [1.54, 1.807) is 49.8 Å². The molecule has 0 saturated heterocycles. The number of rotatable bonds is 6. The molecule has 2 N–H and O–H groups in total. The third-order valence-corrected chi connectivity index (χ3v) is 4.82. The van der Waals surface area contributed by atoms with Crippen LogP contribution in [0.5, 0.6) is 0 Å². The molecule has 3 heterocycles. The number of halogens is 1. The highest BCUT2D eigenvalue weighted by Crippen LogP contribution is 2.13. The van der Waals surface area contributed by atoms with Crippen LogP contribution in [-0.4, -0.2) is 32.0 Å². The fourth-order valence-electron chi connectivity index (χ4n) is 3.30. The number of H-pyrrole nitrogens is 1. The number of aromatic amines is 1. The molecule has 1 amide bonds. The molecule has 0 atom stereocenters. The van der Waals surface area contributed by atoms with Crippen molar-refractivity contribution >= 4 is 16.9 Å². The molecule has 152 valence electrons. The summed E-state index contributed by atoms with van der Waals surface area (Å²) in [4.78, 5) is 37.0. The maximum atomic E-state index is 13.3. The lowest BCUT2D eigenvalue weighted by atomic mass is 10.1. The molecule has 0 unspecified atom stereocenters. The van der Waals surface area contributed by atoms with Crippen LogP contribution in [0, 0.1) is 12.7 Å². The second-order valence-electron chi connectivity index (χ2n) is 6.96.